The Bertz CT molecular complexity index is 653. The average molecular weight is 347 g/mol. The third-order valence-electron chi connectivity index (χ3n) is 3.84. The number of rotatable bonds is 4. The molecule has 1 aromatic rings. The lowest BCUT2D eigenvalue weighted by Gasteiger charge is -2.34. The molecular weight excluding hydrogens is 328 g/mol. The molecule has 1 saturated carbocycles. The molecule has 3 N–H and O–H groups in total. The molecule has 0 aromatic heterocycles. The van der Waals surface area contributed by atoms with Crippen LogP contribution in [0.2, 0.25) is 5.02 Å². The van der Waals surface area contributed by atoms with Crippen LogP contribution in [-0.4, -0.2) is 18.9 Å². The second kappa shape index (κ2) is 6.20. The standard InChI is InChI=1S/C14H19ClN2O2S2/c1-14(7-3-2-4-8-14)17-21(18,19)12-9-10(13(16)20)5-6-11(12)15/h5-6,9,17H,2-4,7-8H2,1H3,(H2,16,20). The fourth-order valence-corrected chi connectivity index (χ4v) is 4.80. The van der Waals surface area contributed by atoms with Crippen LogP contribution in [0.15, 0.2) is 23.1 Å². The van der Waals surface area contributed by atoms with Crippen molar-refractivity contribution in [2.75, 3.05) is 0 Å². The highest BCUT2D eigenvalue weighted by Crippen LogP contribution is 2.31. The summed E-state index contributed by atoms with van der Waals surface area (Å²) >= 11 is 10.9. The molecule has 0 saturated heterocycles. The van der Waals surface area contributed by atoms with Crippen molar-refractivity contribution < 1.29 is 8.42 Å². The van der Waals surface area contributed by atoms with Crippen molar-refractivity contribution in [2.45, 2.75) is 49.5 Å². The lowest BCUT2D eigenvalue weighted by molar-refractivity contribution is 0.294. The molecule has 0 heterocycles. The molecule has 1 aliphatic carbocycles. The highest BCUT2D eigenvalue weighted by atomic mass is 35.5. The fourth-order valence-electron chi connectivity index (χ4n) is 2.68. The van der Waals surface area contributed by atoms with Gasteiger partial charge in [0.1, 0.15) is 9.88 Å². The third kappa shape index (κ3) is 3.94. The summed E-state index contributed by atoms with van der Waals surface area (Å²) in [5, 5.41) is 0.168. The van der Waals surface area contributed by atoms with Crippen LogP contribution < -0.4 is 10.5 Å². The van der Waals surface area contributed by atoms with Gasteiger partial charge in [-0.3, -0.25) is 0 Å². The van der Waals surface area contributed by atoms with Crippen LogP contribution in [0.5, 0.6) is 0 Å². The minimum Gasteiger partial charge on any atom is -0.389 e. The van der Waals surface area contributed by atoms with Gasteiger partial charge in [-0.1, -0.05) is 49.1 Å². The molecule has 0 bridgehead atoms. The van der Waals surface area contributed by atoms with Gasteiger partial charge in [0.05, 0.1) is 5.02 Å². The number of nitrogens with two attached hydrogens (primary N) is 1. The van der Waals surface area contributed by atoms with Crippen molar-refractivity contribution in [3.63, 3.8) is 0 Å². The topological polar surface area (TPSA) is 72.2 Å². The van der Waals surface area contributed by atoms with E-state index in [0.717, 1.165) is 32.1 Å². The monoisotopic (exact) mass is 346 g/mol. The predicted octanol–water partition coefficient (Wildman–Crippen LogP) is 2.98. The van der Waals surface area contributed by atoms with Gasteiger partial charge in [-0.15, -0.1) is 0 Å². The summed E-state index contributed by atoms with van der Waals surface area (Å²) in [6.45, 7) is 1.94. The lowest BCUT2D eigenvalue weighted by atomic mass is 9.84. The van der Waals surface area contributed by atoms with E-state index in [4.69, 9.17) is 29.6 Å². The number of benzene rings is 1. The summed E-state index contributed by atoms with van der Waals surface area (Å²) in [6.07, 6.45) is 4.87. The van der Waals surface area contributed by atoms with Crippen molar-refractivity contribution in [3.05, 3.63) is 28.8 Å². The Kier molecular flexibility index (Phi) is 4.92. The summed E-state index contributed by atoms with van der Waals surface area (Å²) in [4.78, 5) is 0.174. The molecule has 116 valence electrons. The number of halogens is 1. The van der Waals surface area contributed by atoms with E-state index in [1.165, 1.54) is 12.1 Å². The Labute approximate surface area is 136 Å². The lowest BCUT2D eigenvalue weighted by Crippen LogP contribution is -2.47. The van der Waals surface area contributed by atoms with Crippen LogP contribution in [0.1, 0.15) is 44.6 Å². The summed E-state index contributed by atoms with van der Waals surface area (Å²) in [7, 11) is -3.70. The smallest absolute Gasteiger partial charge is 0.242 e. The Morgan fingerprint density at radius 1 is 1.33 bits per heavy atom. The van der Waals surface area contributed by atoms with Crippen molar-refractivity contribution in [1.82, 2.24) is 4.72 Å². The van der Waals surface area contributed by atoms with Gasteiger partial charge in [0, 0.05) is 11.1 Å². The first-order valence-corrected chi connectivity index (χ1v) is 9.14. The minimum atomic E-state index is -3.70. The number of nitrogens with one attached hydrogen (secondary N) is 1. The van der Waals surface area contributed by atoms with Gasteiger partial charge < -0.3 is 5.73 Å². The van der Waals surface area contributed by atoms with E-state index >= 15 is 0 Å². The van der Waals surface area contributed by atoms with E-state index in [1.807, 2.05) is 6.92 Å². The van der Waals surface area contributed by atoms with Crippen molar-refractivity contribution in [2.24, 2.45) is 5.73 Å². The Hall–Kier alpha value is -0.690. The molecule has 0 radical (unpaired) electrons. The molecule has 1 aliphatic rings. The van der Waals surface area contributed by atoms with Crippen LogP contribution in [0.4, 0.5) is 0 Å². The SMILES string of the molecule is CC1(NS(=O)(=O)c2cc(C(N)=S)ccc2Cl)CCCCC1. The second-order valence-electron chi connectivity index (χ2n) is 5.74. The number of thiocarbonyl (C=S) groups is 1. The van der Waals surface area contributed by atoms with Crippen molar-refractivity contribution >= 4 is 38.8 Å². The van der Waals surface area contributed by atoms with Crippen LogP contribution in [0.3, 0.4) is 0 Å². The van der Waals surface area contributed by atoms with E-state index in [0.29, 0.717) is 5.56 Å². The third-order valence-corrected chi connectivity index (χ3v) is 6.20. The minimum absolute atomic E-state index is 0.0289. The first-order chi connectivity index (χ1) is 9.73. The average Bonchev–Trinajstić information content (AvgIpc) is 2.38. The van der Waals surface area contributed by atoms with Gasteiger partial charge in [-0.05, 0) is 31.9 Å². The molecule has 0 spiro atoms. The van der Waals surface area contributed by atoms with Crippen LogP contribution >= 0.6 is 23.8 Å². The number of sulfonamides is 1. The first kappa shape index (κ1) is 16.7. The molecular formula is C14H19ClN2O2S2. The van der Waals surface area contributed by atoms with E-state index in [1.54, 1.807) is 6.07 Å². The molecule has 0 aliphatic heterocycles. The molecule has 1 aromatic carbocycles. The summed E-state index contributed by atoms with van der Waals surface area (Å²) in [6, 6.07) is 4.55. The second-order valence-corrected chi connectivity index (χ2v) is 8.23. The Balaban J connectivity index is 2.35. The molecule has 0 amide bonds. The molecule has 0 atom stereocenters. The molecule has 2 rings (SSSR count). The van der Waals surface area contributed by atoms with Crippen molar-refractivity contribution in [1.29, 1.82) is 0 Å². The van der Waals surface area contributed by atoms with Gasteiger partial charge >= 0.3 is 0 Å². The Morgan fingerprint density at radius 3 is 2.52 bits per heavy atom. The maximum atomic E-state index is 12.6. The van der Waals surface area contributed by atoms with Gasteiger partial charge in [0.2, 0.25) is 10.0 Å². The van der Waals surface area contributed by atoms with Crippen LogP contribution in [-0.2, 0) is 10.0 Å². The van der Waals surface area contributed by atoms with Gasteiger partial charge in [0.25, 0.3) is 0 Å². The maximum Gasteiger partial charge on any atom is 0.242 e. The highest BCUT2D eigenvalue weighted by Gasteiger charge is 2.33. The molecule has 21 heavy (non-hydrogen) atoms. The van der Waals surface area contributed by atoms with Crippen molar-refractivity contribution in [3.8, 4) is 0 Å². The number of hydrogen-bond donors (Lipinski definition) is 2. The van der Waals surface area contributed by atoms with Gasteiger partial charge in [0.15, 0.2) is 0 Å². The van der Waals surface area contributed by atoms with E-state index in [-0.39, 0.29) is 14.9 Å². The molecule has 1 fully saturated rings. The van der Waals surface area contributed by atoms with E-state index in [9.17, 15) is 8.42 Å². The van der Waals surface area contributed by atoms with Gasteiger partial charge in [-0.2, -0.15) is 0 Å². The zero-order chi connectivity index (χ0) is 15.7. The van der Waals surface area contributed by atoms with Crippen LogP contribution in [0.25, 0.3) is 0 Å². The maximum absolute atomic E-state index is 12.6. The molecule has 0 unspecified atom stereocenters. The normalized spacial score (nSPS) is 18.4. The first-order valence-electron chi connectivity index (χ1n) is 6.87. The fraction of sp³-hybridized carbons (Fsp3) is 0.500. The summed E-state index contributed by atoms with van der Waals surface area (Å²) in [5.74, 6) is 0. The quantitative estimate of drug-likeness (QED) is 0.822. The van der Waals surface area contributed by atoms with Gasteiger partial charge in [-0.25, -0.2) is 13.1 Å². The van der Waals surface area contributed by atoms with E-state index < -0.39 is 15.6 Å². The zero-order valence-corrected chi connectivity index (χ0v) is 14.2. The Morgan fingerprint density at radius 2 is 1.95 bits per heavy atom. The predicted molar refractivity (Wildman–Crippen MR) is 89.2 cm³/mol. The highest BCUT2D eigenvalue weighted by molar-refractivity contribution is 7.89. The zero-order valence-electron chi connectivity index (χ0n) is 11.9. The number of hydrogen-bond acceptors (Lipinski definition) is 3. The largest absolute Gasteiger partial charge is 0.389 e. The molecule has 4 nitrogen and oxygen atoms in total. The van der Waals surface area contributed by atoms with E-state index in [2.05, 4.69) is 4.72 Å². The van der Waals surface area contributed by atoms with Crippen LogP contribution in [0, 0.1) is 0 Å². The summed E-state index contributed by atoms with van der Waals surface area (Å²) in [5.41, 5.74) is 5.63. The molecule has 7 heteroatoms. The summed E-state index contributed by atoms with van der Waals surface area (Å²) < 4.78 is 28.0.